The number of ether oxygens (including phenoxy) is 4. The van der Waals surface area contributed by atoms with E-state index in [0.717, 1.165) is 11.3 Å². The Morgan fingerprint density at radius 1 is 1.05 bits per heavy atom. The number of hydrogen-bond acceptors (Lipinski definition) is 10. The van der Waals surface area contributed by atoms with Gasteiger partial charge in [0.05, 0.1) is 35.4 Å². The van der Waals surface area contributed by atoms with Gasteiger partial charge in [-0.25, -0.2) is 4.98 Å². The lowest BCUT2D eigenvalue weighted by molar-refractivity contribution is -0.132. The summed E-state index contributed by atoms with van der Waals surface area (Å²) in [4.78, 5) is 45.4. The Bertz CT molecular complexity index is 1540. The average Bonchev–Trinajstić information content (AvgIpc) is 3.45. The first-order chi connectivity index (χ1) is 19.2. The molecule has 0 unspecified atom stereocenters. The molecular formula is C29H28N2O8S. The van der Waals surface area contributed by atoms with Crippen molar-refractivity contribution in [1.29, 1.82) is 0 Å². The topological polar surface area (TPSA) is 124 Å². The maximum atomic E-state index is 13.6. The van der Waals surface area contributed by atoms with E-state index in [1.54, 1.807) is 43.3 Å². The molecule has 208 valence electrons. The van der Waals surface area contributed by atoms with Gasteiger partial charge in [-0.1, -0.05) is 17.4 Å². The van der Waals surface area contributed by atoms with Crippen LogP contribution in [0.5, 0.6) is 23.0 Å². The minimum atomic E-state index is -1.06. The number of carbonyl (C=O) groups is 3. The number of aliphatic hydroxyl groups excluding tert-OH is 1. The van der Waals surface area contributed by atoms with Gasteiger partial charge in [-0.15, -0.1) is 0 Å². The van der Waals surface area contributed by atoms with E-state index in [4.69, 9.17) is 18.9 Å². The maximum absolute atomic E-state index is 13.6. The summed E-state index contributed by atoms with van der Waals surface area (Å²) in [6.07, 6.45) is 0. The summed E-state index contributed by atoms with van der Waals surface area (Å²) >= 11 is 1.02. The molecule has 0 radical (unpaired) electrons. The molecule has 1 saturated heterocycles. The molecule has 3 aromatic rings. The molecule has 0 aliphatic carbocycles. The van der Waals surface area contributed by atoms with E-state index in [2.05, 4.69) is 4.98 Å². The molecule has 1 amide bonds. The van der Waals surface area contributed by atoms with Gasteiger partial charge in [-0.3, -0.25) is 19.3 Å². The Morgan fingerprint density at radius 2 is 1.75 bits per heavy atom. The molecule has 1 N–H and O–H groups in total. The molecule has 10 nitrogen and oxygen atoms in total. The van der Waals surface area contributed by atoms with E-state index in [-0.39, 0.29) is 27.8 Å². The summed E-state index contributed by atoms with van der Waals surface area (Å²) in [7, 11) is 0. The molecule has 1 aromatic heterocycles. The smallest absolute Gasteiger partial charge is 0.301 e. The number of rotatable bonds is 8. The van der Waals surface area contributed by atoms with Crippen LogP contribution in [0.4, 0.5) is 5.13 Å². The summed E-state index contributed by atoms with van der Waals surface area (Å²) in [6, 6.07) is 8.83. The molecule has 5 rings (SSSR count). The monoisotopic (exact) mass is 564 g/mol. The van der Waals surface area contributed by atoms with E-state index in [9.17, 15) is 19.5 Å². The number of nitrogens with zero attached hydrogens (tertiary/aromatic N) is 2. The minimum Gasteiger partial charge on any atom is -0.507 e. The normalized spacial score (nSPS) is 17.7. The van der Waals surface area contributed by atoms with Crippen LogP contribution in [0, 0.1) is 6.92 Å². The maximum Gasteiger partial charge on any atom is 0.301 e. The highest BCUT2D eigenvalue weighted by Gasteiger charge is 2.48. The van der Waals surface area contributed by atoms with E-state index < -0.39 is 17.7 Å². The summed E-state index contributed by atoms with van der Waals surface area (Å²) in [6.45, 7) is 8.28. The van der Waals surface area contributed by atoms with Crippen LogP contribution in [-0.4, -0.2) is 54.0 Å². The second-order valence-electron chi connectivity index (χ2n) is 9.07. The largest absolute Gasteiger partial charge is 0.507 e. The molecule has 0 bridgehead atoms. The first-order valence-electron chi connectivity index (χ1n) is 12.8. The van der Waals surface area contributed by atoms with Crippen LogP contribution < -0.4 is 23.8 Å². The van der Waals surface area contributed by atoms with Gasteiger partial charge in [0, 0.05) is 12.5 Å². The van der Waals surface area contributed by atoms with Crippen molar-refractivity contribution in [1.82, 2.24) is 4.98 Å². The Balaban J connectivity index is 1.71. The van der Waals surface area contributed by atoms with Crippen molar-refractivity contribution in [2.75, 3.05) is 31.3 Å². The molecule has 2 aliphatic rings. The van der Waals surface area contributed by atoms with Gasteiger partial charge in [0.25, 0.3) is 5.78 Å². The number of benzene rings is 2. The Labute approximate surface area is 234 Å². The van der Waals surface area contributed by atoms with Crippen LogP contribution in [-0.2, 0) is 9.59 Å². The van der Waals surface area contributed by atoms with Crippen LogP contribution in [0.15, 0.2) is 42.0 Å². The van der Waals surface area contributed by atoms with Crippen molar-refractivity contribution in [3.05, 3.63) is 63.7 Å². The number of fused-ring (bicyclic) bond motifs is 1. The van der Waals surface area contributed by atoms with Crippen molar-refractivity contribution >= 4 is 39.7 Å². The van der Waals surface area contributed by atoms with E-state index in [0.29, 0.717) is 65.6 Å². The predicted octanol–water partition coefficient (Wildman–Crippen LogP) is 4.85. The van der Waals surface area contributed by atoms with Crippen LogP contribution in [0.1, 0.15) is 53.3 Å². The van der Waals surface area contributed by atoms with Gasteiger partial charge >= 0.3 is 5.91 Å². The molecule has 40 heavy (non-hydrogen) atoms. The number of Topliss-reactive ketones (excluding diaryl/α,β-unsaturated/α-hetero) is 2. The van der Waals surface area contributed by atoms with Crippen molar-refractivity contribution in [2.24, 2.45) is 0 Å². The van der Waals surface area contributed by atoms with Crippen molar-refractivity contribution in [3.63, 3.8) is 0 Å². The number of ketones is 2. The summed E-state index contributed by atoms with van der Waals surface area (Å²) < 4.78 is 22.7. The zero-order valence-electron chi connectivity index (χ0n) is 22.5. The number of hydrogen-bond donors (Lipinski definition) is 1. The number of aromatic nitrogens is 1. The number of carbonyl (C=O) groups excluding carboxylic acids is 3. The average molecular weight is 565 g/mol. The van der Waals surface area contributed by atoms with Crippen LogP contribution in [0.25, 0.3) is 5.76 Å². The molecule has 3 heterocycles. The van der Waals surface area contributed by atoms with Crippen molar-refractivity contribution in [3.8, 4) is 23.0 Å². The lowest BCUT2D eigenvalue weighted by atomic mass is 9.95. The molecule has 0 saturated carbocycles. The zero-order valence-corrected chi connectivity index (χ0v) is 23.3. The second-order valence-corrected chi connectivity index (χ2v) is 10.0. The lowest BCUT2D eigenvalue weighted by Gasteiger charge is -2.24. The third-order valence-electron chi connectivity index (χ3n) is 6.45. The number of thiazole rings is 1. The van der Waals surface area contributed by atoms with E-state index in [1.165, 1.54) is 11.8 Å². The summed E-state index contributed by atoms with van der Waals surface area (Å²) in [5, 5.41) is 11.7. The van der Waals surface area contributed by atoms with Crippen LogP contribution >= 0.6 is 11.3 Å². The zero-order chi connectivity index (χ0) is 28.6. The van der Waals surface area contributed by atoms with E-state index in [1.807, 2.05) is 13.8 Å². The summed E-state index contributed by atoms with van der Waals surface area (Å²) in [5.74, 6) is -0.487. The Morgan fingerprint density at radius 3 is 2.42 bits per heavy atom. The first kappa shape index (κ1) is 27.2. The van der Waals surface area contributed by atoms with Crippen molar-refractivity contribution in [2.45, 2.75) is 33.7 Å². The fraction of sp³-hybridized carbons (Fsp3) is 0.310. The Kier molecular flexibility index (Phi) is 7.49. The molecule has 2 aromatic carbocycles. The van der Waals surface area contributed by atoms with Crippen LogP contribution in [0.2, 0.25) is 0 Å². The van der Waals surface area contributed by atoms with Gasteiger partial charge in [0.1, 0.15) is 19.0 Å². The van der Waals surface area contributed by atoms with Crippen molar-refractivity contribution < 1.29 is 38.4 Å². The van der Waals surface area contributed by atoms with Gasteiger partial charge in [-0.05, 0) is 56.7 Å². The molecule has 1 atom stereocenters. The number of amides is 1. The van der Waals surface area contributed by atoms with Gasteiger partial charge in [-0.2, -0.15) is 0 Å². The number of aliphatic hydroxyl groups is 1. The fourth-order valence-corrected chi connectivity index (χ4v) is 5.73. The minimum absolute atomic E-state index is 0.134. The van der Waals surface area contributed by atoms with Gasteiger partial charge in [0.2, 0.25) is 0 Å². The number of anilines is 1. The fourth-order valence-electron chi connectivity index (χ4n) is 4.74. The van der Waals surface area contributed by atoms with Gasteiger partial charge < -0.3 is 24.1 Å². The standard InChI is InChI=1S/C29H28N2O8S/c1-5-36-19-9-7-17(13-21(19)37-6-2)24-23(25(33)18-8-10-20-22(14-18)39-12-11-38-20)26(34)28(35)31(24)29-30-15(3)27(40-29)16(4)32/h7-10,13-14,24,33H,5-6,11-12H2,1-4H3/t24-/m1/s1. The molecular weight excluding hydrogens is 536 g/mol. The quantitative estimate of drug-likeness (QED) is 0.177. The second kappa shape index (κ2) is 11.0. The SMILES string of the molecule is CCOc1ccc([C@@H]2C(=C(O)c3ccc4c(c3)OCCO4)C(=O)C(=O)N2c2nc(C)c(C(C)=O)s2)cc1OCC. The molecule has 11 heteroatoms. The van der Waals surface area contributed by atoms with E-state index >= 15 is 0 Å². The summed E-state index contributed by atoms with van der Waals surface area (Å²) in [5.41, 5.74) is 1.08. The molecule has 0 spiro atoms. The predicted molar refractivity (Wildman–Crippen MR) is 148 cm³/mol. The Hall–Kier alpha value is -4.38. The number of aryl methyl sites for hydroxylation is 1. The van der Waals surface area contributed by atoms with Crippen LogP contribution in [0.3, 0.4) is 0 Å². The third kappa shape index (κ3) is 4.77. The molecule has 2 aliphatic heterocycles. The third-order valence-corrected chi connectivity index (χ3v) is 7.71. The molecule has 1 fully saturated rings. The lowest BCUT2D eigenvalue weighted by Crippen LogP contribution is -2.29. The van der Waals surface area contributed by atoms with Gasteiger partial charge in [0.15, 0.2) is 33.9 Å². The first-order valence-corrected chi connectivity index (χ1v) is 13.7. The highest BCUT2D eigenvalue weighted by atomic mass is 32.1. The highest BCUT2D eigenvalue weighted by molar-refractivity contribution is 7.18. The highest BCUT2D eigenvalue weighted by Crippen LogP contribution is 2.46.